The fourth-order valence-corrected chi connectivity index (χ4v) is 3.44. The normalized spacial score (nSPS) is 11.4. The maximum Gasteiger partial charge on any atom is 0.177 e. The van der Waals surface area contributed by atoms with Gasteiger partial charge < -0.3 is 0 Å². The molecule has 3 nitrogen and oxygen atoms in total. The number of rotatable bonds is 10. The second-order valence-electron chi connectivity index (χ2n) is 5.15. The molecule has 1 aromatic carbocycles. The van der Waals surface area contributed by atoms with E-state index in [-0.39, 0.29) is 17.3 Å². The van der Waals surface area contributed by atoms with Gasteiger partial charge in [-0.25, -0.2) is 8.42 Å². The first-order valence-electron chi connectivity index (χ1n) is 7.34. The molecule has 0 amide bonds. The van der Waals surface area contributed by atoms with E-state index in [1.54, 1.807) is 24.3 Å². The number of carbonyl (C=O) groups is 1. The summed E-state index contributed by atoms with van der Waals surface area (Å²) in [5, 5.41) is 0. The predicted molar refractivity (Wildman–Crippen MR) is 82.8 cm³/mol. The summed E-state index contributed by atoms with van der Waals surface area (Å²) >= 11 is 0. The van der Waals surface area contributed by atoms with Crippen molar-refractivity contribution in [2.24, 2.45) is 0 Å². The highest BCUT2D eigenvalue weighted by Gasteiger charge is 2.17. The summed E-state index contributed by atoms with van der Waals surface area (Å²) in [5.41, 5.74) is 0.471. The van der Waals surface area contributed by atoms with Crippen LogP contribution in [0.2, 0.25) is 0 Å². The number of carbonyl (C=O) groups excluding carboxylic acids is 1. The molecule has 0 bridgehead atoms. The summed E-state index contributed by atoms with van der Waals surface area (Å²) in [5.74, 6) is -0.555. The number of benzene rings is 1. The third kappa shape index (κ3) is 6.85. The van der Waals surface area contributed by atoms with Crippen LogP contribution in [0.4, 0.5) is 0 Å². The third-order valence-corrected chi connectivity index (χ3v) is 4.87. The smallest absolute Gasteiger partial charge is 0.177 e. The van der Waals surface area contributed by atoms with Crippen molar-refractivity contribution in [1.29, 1.82) is 0 Å². The van der Waals surface area contributed by atoms with Crippen molar-refractivity contribution in [3.05, 3.63) is 35.9 Å². The number of unbranched alkanes of at least 4 members (excludes halogenated alkanes) is 5. The van der Waals surface area contributed by atoms with Crippen LogP contribution in [0.25, 0.3) is 0 Å². The first-order chi connectivity index (χ1) is 9.55. The highest BCUT2D eigenvalue weighted by atomic mass is 32.2. The van der Waals surface area contributed by atoms with Gasteiger partial charge >= 0.3 is 0 Å². The first-order valence-corrected chi connectivity index (χ1v) is 9.16. The molecule has 0 heterocycles. The number of Topliss-reactive ketones (excluding diaryl/α,β-unsaturated/α-hetero) is 1. The van der Waals surface area contributed by atoms with E-state index in [1.807, 2.05) is 6.07 Å². The lowest BCUT2D eigenvalue weighted by Gasteiger charge is -2.04. The molecule has 20 heavy (non-hydrogen) atoms. The van der Waals surface area contributed by atoms with Crippen molar-refractivity contribution in [3.8, 4) is 0 Å². The van der Waals surface area contributed by atoms with Gasteiger partial charge in [0, 0.05) is 5.56 Å². The van der Waals surface area contributed by atoms with Crippen LogP contribution in [0.1, 0.15) is 55.8 Å². The number of ketones is 1. The van der Waals surface area contributed by atoms with E-state index in [1.165, 1.54) is 19.3 Å². The molecular formula is C16H24O3S. The van der Waals surface area contributed by atoms with E-state index >= 15 is 0 Å². The molecule has 4 heteroatoms. The van der Waals surface area contributed by atoms with E-state index in [2.05, 4.69) is 6.92 Å². The van der Waals surface area contributed by atoms with Crippen LogP contribution in [-0.4, -0.2) is 25.7 Å². The standard InChI is InChI=1S/C16H24O3S/c1-2-3-4-5-6-10-13-20(18,19)14-16(17)15-11-8-7-9-12-15/h7-9,11-12H,2-6,10,13-14H2,1H3. The van der Waals surface area contributed by atoms with E-state index in [0.717, 1.165) is 12.8 Å². The van der Waals surface area contributed by atoms with Gasteiger partial charge in [-0.2, -0.15) is 0 Å². The minimum Gasteiger partial charge on any atom is -0.293 e. The highest BCUT2D eigenvalue weighted by molar-refractivity contribution is 7.92. The maximum absolute atomic E-state index is 11.9. The third-order valence-electron chi connectivity index (χ3n) is 3.26. The summed E-state index contributed by atoms with van der Waals surface area (Å²) < 4.78 is 23.8. The van der Waals surface area contributed by atoms with Crippen LogP contribution in [0.3, 0.4) is 0 Å². The average molecular weight is 296 g/mol. The minimum atomic E-state index is -3.27. The maximum atomic E-state index is 11.9. The van der Waals surface area contributed by atoms with Gasteiger partial charge in [-0.3, -0.25) is 4.79 Å². The van der Waals surface area contributed by atoms with Gasteiger partial charge in [-0.05, 0) is 6.42 Å². The SMILES string of the molecule is CCCCCCCCS(=O)(=O)CC(=O)c1ccccc1. The van der Waals surface area contributed by atoms with Gasteiger partial charge in [0.05, 0.1) is 5.75 Å². The quantitative estimate of drug-likeness (QED) is 0.489. The molecule has 0 radical (unpaired) electrons. The molecular weight excluding hydrogens is 272 g/mol. The molecule has 0 unspecified atom stereocenters. The predicted octanol–water partition coefficient (Wildman–Crippen LogP) is 3.64. The Labute approximate surface area is 122 Å². The summed E-state index contributed by atoms with van der Waals surface area (Å²) in [6.45, 7) is 2.15. The van der Waals surface area contributed by atoms with Gasteiger partial charge in [0.25, 0.3) is 0 Å². The second-order valence-corrected chi connectivity index (χ2v) is 7.33. The van der Waals surface area contributed by atoms with Gasteiger partial charge in [0.1, 0.15) is 5.75 Å². The van der Waals surface area contributed by atoms with Crippen LogP contribution in [0.15, 0.2) is 30.3 Å². The minimum absolute atomic E-state index is 0.123. The molecule has 0 aliphatic rings. The lowest BCUT2D eigenvalue weighted by molar-refractivity contribution is 0.102. The number of hydrogen-bond acceptors (Lipinski definition) is 3. The van der Waals surface area contributed by atoms with Crippen molar-refractivity contribution < 1.29 is 13.2 Å². The molecule has 0 fully saturated rings. The van der Waals surface area contributed by atoms with Crippen molar-refractivity contribution in [2.75, 3.05) is 11.5 Å². The first kappa shape index (κ1) is 16.9. The Morgan fingerprint density at radius 3 is 2.20 bits per heavy atom. The van der Waals surface area contributed by atoms with E-state index in [4.69, 9.17) is 0 Å². The molecule has 0 aliphatic heterocycles. The molecule has 1 aromatic rings. The largest absolute Gasteiger partial charge is 0.293 e. The molecule has 0 atom stereocenters. The lowest BCUT2D eigenvalue weighted by Crippen LogP contribution is -2.19. The Bertz CT molecular complexity index is 492. The van der Waals surface area contributed by atoms with E-state index in [0.29, 0.717) is 12.0 Å². The zero-order valence-electron chi connectivity index (χ0n) is 12.2. The van der Waals surface area contributed by atoms with E-state index in [9.17, 15) is 13.2 Å². The van der Waals surface area contributed by atoms with Crippen LogP contribution in [0.5, 0.6) is 0 Å². The molecule has 0 aromatic heterocycles. The Hall–Kier alpha value is -1.16. The van der Waals surface area contributed by atoms with Crippen molar-refractivity contribution in [3.63, 3.8) is 0 Å². The summed E-state index contributed by atoms with van der Waals surface area (Å²) in [4.78, 5) is 11.9. The molecule has 0 saturated heterocycles. The lowest BCUT2D eigenvalue weighted by atomic mass is 10.1. The van der Waals surface area contributed by atoms with Gasteiger partial charge in [0.2, 0.25) is 0 Å². The van der Waals surface area contributed by atoms with Crippen LogP contribution in [0, 0.1) is 0 Å². The number of hydrogen-bond donors (Lipinski definition) is 0. The highest BCUT2D eigenvalue weighted by Crippen LogP contribution is 2.08. The van der Waals surface area contributed by atoms with Gasteiger partial charge in [0.15, 0.2) is 15.6 Å². The fraction of sp³-hybridized carbons (Fsp3) is 0.562. The van der Waals surface area contributed by atoms with E-state index < -0.39 is 9.84 Å². The van der Waals surface area contributed by atoms with Crippen molar-refractivity contribution in [2.45, 2.75) is 45.4 Å². The molecule has 112 valence electrons. The summed E-state index contributed by atoms with van der Waals surface area (Å²) in [7, 11) is -3.27. The Balaban J connectivity index is 2.33. The summed E-state index contributed by atoms with van der Waals surface area (Å²) in [6.07, 6.45) is 6.23. The number of sulfone groups is 1. The Morgan fingerprint density at radius 2 is 1.55 bits per heavy atom. The fourth-order valence-electron chi connectivity index (χ4n) is 2.08. The molecule has 1 rings (SSSR count). The Morgan fingerprint density at radius 1 is 0.950 bits per heavy atom. The van der Waals surface area contributed by atoms with Gasteiger partial charge in [-0.15, -0.1) is 0 Å². The zero-order valence-corrected chi connectivity index (χ0v) is 13.0. The molecule has 0 spiro atoms. The molecule has 0 saturated carbocycles. The van der Waals surface area contributed by atoms with Crippen molar-refractivity contribution in [1.82, 2.24) is 0 Å². The van der Waals surface area contributed by atoms with Crippen LogP contribution in [-0.2, 0) is 9.84 Å². The average Bonchev–Trinajstić information content (AvgIpc) is 2.43. The Kier molecular flexibility index (Phi) is 7.52. The van der Waals surface area contributed by atoms with Crippen LogP contribution >= 0.6 is 0 Å². The second kappa shape index (κ2) is 8.90. The van der Waals surface area contributed by atoms with Crippen LogP contribution < -0.4 is 0 Å². The molecule has 0 N–H and O–H groups in total. The summed E-state index contributed by atoms with van der Waals surface area (Å²) in [6, 6.07) is 8.61. The topological polar surface area (TPSA) is 51.2 Å². The zero-order chi connectivity index (χ0) is 14.8. The monoisotopic (exact) mass is 296 g/mol. The van der Waals surface area contributed by atoms with Crippen molar-refractivity contribution >= 4 is 15.6 Å². The van der Waals surface area contributed by atoms with Gasteiger partial charge in [-0.1, -0.05) is 69.4 Å². The molecule has 0 aliphatic carbocycles.